The third-order valence-corrected chi connectivity index (χ3v) is 4.29. The smallest absolute Gasteiger partial charge is 1.00 e. The Bertz CT molecular complexity index is 509. The molecule has 0 aliphatic carbocycles. The van der Waals surface area contributed by atoms with E-state index in [9.17, 15) is 15.0 Å². The number of phenols is 1. The second-order valence-electron chi connectivity index (χ2n) is 6.91. The summed E-state index contributed by atoms with van der Waals surface area (Å²) < 4.78 is 0.0824. The van der Waals surface area contributed by atoms with E-state index in [1.807, 2.05) is 12.1 Å². The van der Waals surface area contributed by atoms with Crippen molar-refractivity contribution >= 4 is 11.7 Å². The van der Waals surface area contributed by atoms with E-state index in [4.69, 9.17) is 0 Å². The van der Waals surface area contributed by atoms with Crippen molar-refractivity contribution in [2.45, 2.75) is 58.3 Å². The molecule has 0 aliphatic rings. The van der Waals surface area contributed by atoms with Crippen molar-refractivity contribution in [3.05, 3.63) is 23.8 Å². The summed E-state index contributed by atoms with van der Waals surface area (Å²) in [6, 6.07) is 5.52. The van der Waals surface area contributed by atoms with Crippen LogP contribution in [0.5, 0.6) is 5.75 Å². The molecule has 0 atom stereocenters. The van der Waals surface area contributed by atoms with Crippen molar-refractivity contribution < 1.29 is 46.0 Å². The number of aliphatic carboxylic acids is 1. The summed E-state index contributed by atoms with van der Waals surface area (Å²) in [6.45, 7) is 2.07. The Hall–Kier alpha value is -0.550. The molecule has 5 heteroatoms. The molecule has 1 N–H and O–H groups in total. The van der Waals surface area contributed by atoms with E-state index in [0.717, 1.165) is 18.4 Å². The SMILES string of the molecule is CCCCCCCCCc1ccc(O)c([N+](C)(C)CC(=O)[O-])c1.[H-].[Na+]. The number of hydrogen-bond donors (Lipinski definition) is 1. The van der Waals surface area contributed by atoms with Crippen molar-refractivity contribution in [2.75, 3.05) is 20.6 Å². The van der Waals surface area contributed by atoms with Gasteiger partial charge in [0, 0.05) is 6.07 Å². The van der Waals surface area contributed by atoms with Gasteiger partial charge in [-0.2, -0.15) is 0 Å². The second-order valence-corrected chi connectivity index (χ2v) is 6.91. The summed E-state index contributed by atoms with van der Waals surface area (Å²) in [7, 11) is 3.53. The van der Waals surface area contributed by atoms with Gasteiger partial charge in [0.05, 0.1) is 20.1 Å². The van der Waals surface area contributed by atoms with E-state index in [1.54, 1.807) is 20.2 Å². The van der Waals surface area contributed by atoms with Gasteiger partial charge in [-0.3, -0.25) is 4.48 Å². The zero-order chi connectivity index (χ0) is 17.3. The molecule has 0 amide bonds. The van der Waals surface area contributed by atoms with Crippen LogP contribution in [0, 0.1) is 0 Å². The number of hydrogen-bond acceptors (Lipinski definition) is 3. The van der Waals surface area contributed by atoms with Gasteiger partial charge in [-0.15, -0.1) is 0 Å². The topological polar surface area (TPSA) is 60.4 Å². The average molecular weight is 345 g/mol. The van der Waals surface area contributed by atoms with Crippen LogP contribution in [-0.2, 0) is 11.2 Å². The van der Waals surface area contributed by atoms with Gasteiger partial charge in [0.2, 0.25) is 0 Å². The Balaban J connectivity index is 0. The number of likely N-dealkylation sites (N-methyl/N-ethyl adjacent to an activating group) is 1. The Morgan fingerprint density at radius 3 is 2.29 bits per heavy atom. The van der Waals surface area contributed by atoms with Crippen LogP contribution < -0.4 is 39.1 Å². The molecular formula is C19H32NNaO3. The van der Waals surface area contributed by atoms with Crippen LogP contribution >= 0.6 is 0 Å². The predicted molar refractivity (Wildman–Crippen MR) is 94.4 cm³/mol. The zero-order valence-electron chi connectivity index (χ0n) is 16.8. The summed E-state index contributed by atoms with van der Waals surface area (Å²) in [5.74, 6) is -0.980. The van der Waals surface area contributed by atoms with Crippen molar-refractivity contribution in [1.82, 2.24) is 4.48 Å². The van der Waals surface area contributed by atoms with Crippen molar-refractivity contribution in [3.8, 4) is 5.75 Å². The fraction of sp³-hybridized carbons (Fsp3) is 0.632. The Morgan fingerprint density at radius 1 is 1.12 bits per heavy atom. The number of carboxylic acid groups (broad SMARTS) is 1. The number of carbonyl (C=O) groups excluding carboxylic acids is 1. The van der Waals surface area contributed by atoms with Gasteiger partial charge in [-0.05, 0) is 24.5 Å². The number of nitrogens with zero attached hydrogens (tertiary/aromatic N) is 1. The molecular weight excluding hydrogens is 313 g/mol. The van der Waals surface area contributed by atoms with E-state index in [1.165, 1.54) is 38.5 Å². The van der Waals surface area contributed by atoms with Crippen LogP contribution in [-0.4, -0.2) is 31.7 Å². The number of aryl methyl sites for hydroxylation is 1. The van der Waals surface area contributed by atoms with Crippen LogP contribution in [0.4, 0.5) is 5.69 Å². The quantitative estimate of drug-likeness (QED) is 0.352. The van der Waals surface area contributed by atoms with Gasteiger partial charge in [0.25, 0.3) is 0 Å². The number of phenolic OH excluding ortho intramolecular Hbond substituents is 1. The molecule has 1 aromatic rings. The first-order chi connectivity index (χ1) is 10.9. The third-order valence-electron chi connectivity index (χ3n) is 4.29. The molecule has 0 bridgehead atoms. The molecule has 0 unspecified atom stereocenters. The number of quaternary nitrogens is 1. The van der Waals surface area contributed by atoms with E-state index in [-0.39, 0.29) is 47.8 Å². The van der Waals surface area contributed by atoms with E-state index < -0.39 is 5.97 Å². The normalized spacial score (nSPS) is 11.1. The van der Waals surface area contributed by atoms with Crippen molar-refractivity contribution in [3.63, 3.8) is 0 Å². The molecule has 24 heavy (non-hydrogen) atoms. The number of benzene rings is 1. The van der Waals surface area contributed by atoms with Gasteiger partial charge in [-0.1, -0.05) is 51.5 Å². The van der Waals surface area contributed by atoms with Crippen LogP contribution in [0.3, 0.4) is 0 Å². The fourth-order valence-electron chi connectivity index (χ4n) is 2.90. The van der Waals surface area contributed by atoms with Crippen LogP contribution in [0.1, 0.15) is 58.9 Å². The molecule has 0 aromatic heterocycles. The van der Waals surface area contributed by atoms with E-state index in [0.29, 0.717) is 5.69 Å². The molecule has 132 valence electrons. The molecule has 0 heterocycles. The summed E-state index contributed by atoms with van der Waals surface area (Å²) in [4.78, 5) is 10.9. The maximum Gasteiger partial charge on any atom is 1.00 e. The monoisotopic (exact) mass is 345 g/mol. The first-order valence-electron chi connectivity index (χ1n) is 8.72. The predicted octanol–water partition coefficient (Wildman–Crippen LogP) is 0.119. The third kappa shape index (κ3) is 8.52. The van der Waals surface area contributed by atoms with Gasteiger partial charge in [0.1, 0.15) is 6.54 Å². The standard InChI is InChI=1S/C19H31NO3.Na.H/c1-4-5-6-7-8-9-10-11-16-12-13-18(21)17(14-16)20(2,3)15-19(22)23;;/h12-14H,4-11,15H2,1-3H3,(H-,21,22,23);;/q;+1;-1. The number of carbonyl (C=O) groups is 1. The van der Waals surface area contributed by atoms with E-state index in [2.05, 4.69) is 6.92 Å². The van der Waals surface area contributed by atoms with Gasteiger partial charge >= 0.3 is 29.6 Å². The van der Waals surface area contributed by atoms with Gasteiger partial charge < -0.3 is 16.4 Å². The molecule has 0 fully saturated rings. The molecule has 0 aliphatic heterocycles. The Kier molecular flexibility index (Phi) is 11.6. The number of aromatic hydroxyl groups is 1. The second kappa shape index (κ2) is 11.9. The average Bonchev–Trinajstić information content (AvgIpc) is 2.46. The van der Waals surface area contributed by atoms with E-state index >= 15 is 0 Å². The molecule has 0 saturated heterocycles. The molecule has 0 saturated carbocycles. The Labute approximate surface area is 170 Å². The van der Waals surface area contributed by atoms with Crippen LogP contribution in [0.2, 0.25) is 0 Å². The van der Waals surface area contributed by atoms with Gasteiger partial charge in [0.15, 0.2) is 11.4 Å². The minimum Gasteiger partial charge on any atom is -1.00 e. The number of rotatable bonds is 11. The fourth-order valence-corrected chi connectivity index (χ4v) is 2.90. The summed E-state index contributed by atoms with van der Waals surface area (Å²) in [5, 5.41) is 20.9. The maximum atomic E-state index is 10.9. The summed E-state index contributed by atoms with van der Waals surface area (Å²) in [6.07, 6.45) is 9.83. The van der Waals surface area contributed by atoms with Gasteiger partial charge in [-0.25, -0.2) is 0 Å². The summed E-state index contributed by atoms with van der Waals surface area (Å²) >= 11 is 0. The minimum absolute atomic E-state index is 0. The minimum atomic E-state index is -1.12. The molecule has 1 rings (SSSR count). The Morgan fingerprint density at radius 2 is 1.71 bits per heavy atom. The first-order valence-corrected chi connectivity index (χ1v) is 8.72. The molecule has 4 nitrogen and oxygen atoms in total. The summed E-state index contributed by atoms with van der Waals surface area (Å²) in [5.41, 5.74) is 1.78. The number of carboxylic acids is 1. The number of unbranched alkanes of at least 4 members (excludes halogenated alkanes) is 6. The van der Waals surface area contributed by atoms with Crippen LogP contribution in [0.15, 0.2) is 18.2 Å². The molecule has 0 radical (unpaired) electrons. The largest absolute Gasteiger partial charge is 1.00 e. The van der Waals surface area contributed by atoms with Crippen molar-refractivity contribution in [1.29, 1.82) is 0 Å². The van der Waals surface area contributed by atoms with Crippen molar-refractivity contribution in [2.24, 2.45) is 0 Å². The zero-order valence-corrected chi connectivity index (χ0v) is 17.8. The first kappa shape index (κ1) is 23.4. The van der Waals surface area contributed by atoms with Crippen LogP contribution in [0.25, 0.3) is 0 Å². The maximum absolute atomic E-state index is 10.9. The molecule has 1 aromatic carbocycles. The molecule has 0 spiro atoms.